The molecule has 0 saturated heterocycles. The Morgan fingerprint density at radius 1 is 1.27 bits per heavy atom. The highest BCUT2D eigenvalue weighted by Crippen LogP contribution is 2.33. The van der Waals surface area contributed by atoms with E-state index in [1.54, 1.807) is 32.4 Å². The van der Waals surface area contributed by atoms with Gasteiger partial charge in [0.15, 0.2) is 6.61 Å². The van der Waals surface area contributed by atoms with Crippen molar-refractivity contribution in [1.29, 1.82) is 0 Å². The Bertz CT molecular complexity index is 1090. The van der Waals surface area contributed by atoms with Crippen LogP contribution in [-0.4, -0.2) is 42.7 Å². The minimum Gasteiger partial charge on any atom is -0.496 e. The number of para-hydroxylation sites is 1. The van der Waals surface area contributed by atoms with Crippen LogP contribution in [0.5, 0.6) is 11.5 Å². The third-order valence-corrected chi connectivity index (χ3v) is 4.71. The number of fused-ring (bicyclic) bond motifs is 1. The van der Waals surface area contributed by atoms with Gasteiger partial charge in [0.2, 0.25) is 17.6 Å². The molecule has 0 saturated carbocycles. The molecule has 1 aliphatic rings. The van der Waals surface area contributed by atoms with Gasteiger partial charge >= 0.3 is 0 Å². The Balaban J connectivity index is 1.38. The number of likely N-dealkylation sites (N-methyl/N-ethyl adjacent to an activating group) is 1. The maximum Gasteiger partial charge on any atom is 0.264 e. The van der Waals surface area contributed by atoms with Crippen molar-refractivity contribution in [3.05, 3.63) is 48.4 Å². The highest BCUT2D eigenvalue weighted by molar-refractivity contribution is 5.99. The van der Waals surface area contributed by atoms with E-state index in [0.717, 1.165) is 5.56 Å². The average molecular weight is 408 g/mol. The number of hydrogen-bond donors (Lipinski definition) is 1. The molecule has 30 heavy (non-hydrogen) atoms. The standard InChI is InChI=1S/C21H20N4O5/c1-25-15-11-13(7-8-17(15)29-12-20(25)27)22-18(26)9-10-19-23-21(24-30-19)14-5-3-4-6-16(14)28-2/h3-8,11H,9-10,12H2,1-2H3,(H,22,26). The van der Waals surface area contributed by atoms with Crippen molar-refractivity contribution in [3.63, 3.8) is 0 Å². The molecule has 4 rings (SSSR count). The lowest BCUT2D eigenvalue weighted by Gasteiger charge is -2.26. The minimum atomic E-state index is -0.210. The van der Waals surface area contributed by atoms with Gasteiger partial charge in [-0.25, -0.2) is 0 Å². The van der Waals surface area contributed by atoms with Crippen LogP contribution < -0.4 is 19.7 Å². The van der Waals surface area contributed by atoms with Crippen molar-refractivity contribution >= 4 is 23.2 Å². The number of aromatic nitrogens is 2. The van der Waals surface area contributed by atoms with Crippen molar-refractivity contribution < 1.29 is 23.6 Å². The number of nitrogens with one attached hydrogen (secondary N) is 1. The molecule has 1 aliphatic heterocycles. The normalized spacial score (nSPS) is 12.9. The van der Waals surface area contributed by atoms with E-state index in [2.05, 4.69) is 15.5 Å². The van der Waals surface area contributed by atoms with Gasteiger partial charge in [-0.1, -0.05) is 17.3 Å². The van der Waals surface area contributed by atoms with Gasteiger partial charge in [0.25, 0.3) is 5.91 Å². The highest BCUT2D eigenvalue weighted by atomic mass is 16.5. The van der Waals surface area contributed by atoms with Crippen LogP contribution in [0.25, 0.3) is 11.4 Å². The number of anilines is 2. The van der Waals surface area contributed by atoms with E-state index >= 15 is 0 Å². The molecule has 154 valence electrons. The summed E-state index contributed by atoms with van der Waals surface area (Å²) in [5.74, 6) is 1.65. The lowest BCUT2D eigenvalue weighted by atomic mass is 10.2. The number of nitrogens with zero attached hydrogens (tertiary/aromatic N) is 3. The number of carbonyl (C=O) groups is 2. The molecule has 2 amide bonds. The fourth-order valence-electron chi connectivity index (χ4n) is 3.09. The van der Waals surface area contributed by atoms with Crippen molar-refractivity contribution in [2.45, 2.75) is 12.8 Å². The van der Waals surface area contributed by atoms with Gasteiger partial charge < -0.3 is 24.2 Å². The zero-order valence-electron chi connectivity index (χ0n) is 16.5. The van der Waals surface area contributed by atoms with Gasteiger partial charge in [-0.3, -0.25) is 9.59 Å². The molecule has 0 fully saturated rings. The number of methoxy groups -OCH3 is 1. The second-order valence-electron chi connectivity index (χ2n) is 6.68. The monoisotopic (exact) mass is 408 g/mol. The summed E-state index contributed by atoms with van der Waals surface area (Å²) in [5, 5.41) is 6.78. The van der Waals surface area contributed by atoms with Crippen LogP contribution >= 0.6 is 0 Å². The third-order valence-electron chi connectivity index (χ3n) is 4.71. The zero-order chi connectivity index (χ0) is 21.1. The predicted molar refractivity (Wildman–Crippen MR) is 109 cm³/mol. The molecule has 9 nitrogen and oxygen atoms in total. The van der Waals surface area contributed by atoms with E-state index in [0.29, 0.717) is 41.0 Å². The van der Waals surface area contributed by atoms with Crippen LogP contribution in [0.3, 0.4) is 0 Å². The first-order chi connectivity index (χ1) is 14.5. The third kappa shape index (κ3) is 3.95. The zero-order valence-corrected chi connectivity index (χ0v) is 16.5. The molecule has 0 atom stereocenters. The van der Waals surface area contributed by atoms with E-state index in [1.807, 2.05) is 24.3 Å². The summed E-state index contributed by atoms with van der Waals surface area (Å²) in [6.45, 7) is 0.0102. The molecular formula is C21H20N4O5. The van der Waals surface area contributed by atoms with E-state index in [1.165, 1.54) is 4.90 Å². The van der Waals surface area contributed by atoms with E-state index in [4.69, 9.17) is 14.0 Å². The number of benzene rings is 2. The summed E-state index contributed by atoms with van der Waals surface area (Å²) < 4.78 is 16.0. The van der Waals surface area contributed by atoms with Gasteiger partial charge in [-0.15, -0.1) is 0 Å². The molecular weight excluding hydrogens is 388 g/mol. The quantitative estimate of drug-likeness (QED) is 0.668. The Hall–Kier alpha value is -3.88. The number of ether oxygens (including phenoxy) is 2. The summed E-state index contributed by atoms with van der Waals surface area (Å²) in [5.41, 5.74) is 1.90. The first-order valence-electron chi connectivity index (χ1n) is 9.34. The molecule has 1 N–H and O–H groups in total. The van der Waals surface area contributed by atoms with Gasteiger partial charge in [0, 0.05) is 25.6 Å². The molecule has 1 aromatic heterocycles. The molecule has 0 aliphatic carbocycles. The molecule has 0 bridgehead atoms. The van der Waals surface area contributed by atoms with Crippen molar-refractivity contribution in [2.75, 3.05) is 31.0 Å². The second-order valence-corrected chi connectivity index (χ2v) is 6.68. The van der Waals surface area contributed by atoms with Gasteiger partial charge in [-0.2, -0.15) is 4.98 Å². The summed E-state index contributed by atoms with van der Waals surface area (Å²) in [7, 11) is 3.24. The van der Waals surface area contributed by atoms with Gasteiger partial charge in [-0.05, 0) is 30.3 Å². The molecule has 0 spiro atoms. The van der Waals surface area contributed by atoms with E-state index in [-0.39, 0.29) is 24.8 Å². The number of carbonyl (C=O) groups excluding carboxylic acids is 2. The number of rotatable bonds is 6. The summed E-state index contributed by atoms with van der Waals surface area (Å²) >= 11 is 0. The predicted octanol–water partition coefficient (Wildman–Crippen LogP) is 2.67. The highest BCUT2D eigenvalue weighted by Gasteiger charge is 2.22. The van der Waals surface area contributed by atoms with Crippen molar-refractivity contribution in [2.24, 2.45) is 0 Å². The Morgan fingerprint density at radius 3 is 2.93 bits per heavy atom. The molecule has 2 heterocycles. The van der Waals surface area contributed by atoms with E-state index in [9.17, 15) is 9.59 Å². The fraction of sp³-hybridized carbons (Fsp3) is 0.238. The SMILES string of the molecule is COc1ccccc1-c1noc(CCC(=O)Nc2ccc3c(c2)N(C)C(=O)CO3)n1. The first kappa shape index (κ1) is 19.4. The Morgan fingerprint density at radius 2 is 2.10 bits per heavy atom. The molecule has 0 radical (unpaired) electrons. The Kier molecular flexibility index (Phi) is 5.34. The average Bonchev–Trinajstić information content (AvgIpc) is 3.24. The van der Waals surface area contributed by atoms with Crippen LogP contribution in [0, 0.1) is 0 Å². The number of aryl methyl sites for hydroxylation is 1. The van der Waals surface area contributed by atoms with Crippen LogP contribution in [0.2, 0.25) is 0 Å². The number of hydrogen-bond acceptors (Lipinski definition) is 7. The molecule has 9 heteroatoms. The fourth-order valence-corrected chi connectivity index (χ4v) is 3.09. The number of amides is 2. The molecule has 3 aromatic rings. The van der Waals surface area contributed by atoms with E-state index < -0.39 is 0 Å². The lowest BCUT2D eigenvalue weighted by molar-refractivity contribution is -0.121. The molecule has 2 aromatic carbocycles. The van der Waals surface area contributed by atoms with Crippen molar-refractivity contribution in [1.82, 2.24) is 10.1 Å². The minimum absolute atomic E-state index is 0.0102. The largest absolute Gasteiger partial charge is 0.496 e. The smallest absolute Gasteiger partial charge is 0.264 e. The summed E-state index contributed by atoms with van der Waals surface area (Å²) in [6, 6.07) is 12.5. The van der Waals surface area contributed by atoms with Crippen LogP contribution in [-0.2, 0) is 16.0 Å². The van der Waals surface area contributed by atoms with Crippen LogP contribution in [0.4, 0.5) is 11.4 Å². The maximum absolute atomic E-state index is 12.3. The van der Waals surface area contributed by atoms with Crippen LogP contribution in [0.1, 0.15) is 12.3 Å². The lowest BCUT2D eigenvalue weighted by Crippen LogP contribution is -2.35. The Labute approximate surface area is 172 Å². The first-order valence-corrected chi connectivity index (χ1v) is 9.34. The summed E-state index contributed by atoms with van der Waals surface area (Å²) in [4.78, 5) is 30.0. The molecule has 0 unspecified atom stereocenters. The van der Waals surface area contributed by atoms with Crippen molar-refractivity contribution in [3.8, 4) is 22.9 Å². The van der Waals surface area contributed by atoms with Gasteiger partial charge in [0.1, 0.15) is 11.5 Å². The van der Waals surface area contributed by atoms with Crippen LogP contribution in [0.15, 0.2) is 47.0 Å². The summed E-state index contributed by atoms with van der Waals surface area (Å²) in [6.07, 6.45) is 0.455. The maximum atomic E-state index is 12.3. The van der Waals surface area contributed by atoms with Gasteiger partial charge in [0.05, 0.1) is 18.4 Å². The second kappa shape index (κ2) is 8.24. The topological polar surface area (TPSA) is 107 Å².